The van der Waals surface area contributed by atoms with Gasteiger partial charge in [-0.1, -0.05) is 0 Å². The van der Waals surface area contributed by atoms with Crippen molar-refractivity contribution in [3.05, 3.63) is 40.1 Å². The van der Waals surface area contributed by atoms with E-state index in [2.05, 4.69) is 25.8 Å². The maximum atomic E-state index is 12.5. The van der Waals surface area contributed by atoms with Crippen molar-refractivity contribution in [2.75, 3.05) is 14.2 Å². The van der Waals surface area contributed by atoms with Crippen LogP contribution in [0.4, 0.5) is 8.78 Å². The summed E-state index contributed by atoms with van der Waals surface area (Å²) in [6.07, 6.45) is 1.65. The zero-order valence-electron chi connectivity index (χ0n) is 13.3. The van der Waals surface area contributed by atoms with Gasteiger partial charge >= 0.3 is 6.61 Å². The van der Waals surface area contributed by atoms with Crippen LogP contribution in [0.25, 0.3) is 0 Å². The van der Waals surface area contributed by atoms with Gasteiger partial charge in [0.15, 0.2) is 11.5 Å². The van der Waals surface area contributed by atoms with E-state index in [-0.39, 0.29) is 17.4 Å². The third-order valence-electron chi connectivity index (χ3n) is 3.37. The first-order valence-electron chi connectivity index (χ1n) is 6.88. The molecule has 0 atom stereocenters. The molecule has 0 saturated heterocycles. The average molecular weight is 404 g/mol. The van der Waals surface area contributed by atoms with Crippen molar-refractivity contribution >= 4 is 21.8 Å². The minimum atomic E-state index is -2.97. The number of carbonyl (C=O) groups is 1. The van der Waals surface area contributed by atoms with Crippen molar-refractivity contribution in [1.29, 1.82) is 0 Å². The molecule has 1 amide bonds. The molecule has 1 aromatic heterocycles. The summed E-state index contributed by atoms with van der Waals surface area (Å²) in [6, 6.07) is 4.07. The van der Waals surface area contributed by atoms with Crippen molar-refractivity contribution < 1.29 is 23.0 Å². The minimum Gasteiger partial charge on any atom is -0.493 e. The molecule has 0 unspecified atom stereocenters. The number of halogens is 3. The summed E-state index contributed by atoms with van der Waals surface area (Å²) in [5, 5.41) is 4.09. The van der Waals surface area contributed by atoms with Gasteiger partial charge < -0.3 is 14.4 Å². The molecule has 1 heterocycles. The van der Waals surface area contributed by atoms with Gasteiger partial charge in [-0.05, 0) is 34.1 Å². The first kappa shape index (κ1) is 18.2. The standard InChI is InChI=1S/C15H16BrF2N3O3/c1-20(8-11-10(16)7-19-21(11)2)14(22)9-4-5-12(24-15(17)18)13(6-9)23-3/h4-7,15H,8H2,1-3H3. The second-order valence-electron chi connectivity index (χ2n) is 4.97. The van der Waals surface area contributed by atoms with Gasteiger partial charge in [-0.2, -0.15) is 13.9 Å². The van der Waals surface area contributed by atoms with Gasteiger partial charge in [-0.25, -0.2) is 0 Å². The van der Waals surface area contributed by atoms with E-state index in [1.165, 1.54) is 30.2 Å². The molecule has 2 aromatic rings. The van der Waals surface area contributed by atoms with E-state index < -0.39 is 6.61 Å². The van der Waals surface area contributed by atoms with Crippen LogP contribution in [0.3, 0.4) is 0 Å². The van der Waals surface area contributed by atoms with Crippen LogP contribution in [0.15, 0.2) is 28.9 Å². The van der Waals surface area contributed by atoms with Crippen molar-refractivity contribution in [1.82, 2.24) is 14.7 Å². The second kappa shape index (κ2) is 7.61. The molecule has 6 nitrogen and oxygen atoms in total. The van der Waals surface area contributed by atoms with Crippen LogP contribution in [0.5, 0.6) is 11.5 Å². The van der Waals surface area contributed by atoms with Crippen molar-refractivity contribution in [3.8, 4) is 11.5 Å². The monoisotopic (exact) mass is 403 g/mol. The molecule has 2 rings (SSSR count). The van der Waals surface area contributed by atoms with Crippen LogP contribution in [-0.2, 0) is 13.6 Å². The van der Waals surface area contributed by atoms with Crippen molar-refractivity contribution in [2.45, 2.75) is 13.2 Å². The number of ether oxygens (including phenoxy) is 2. The topological polar surface area (TPSA) is 56.6 Å². The number of methoxy groups -OCH3 is 1. The van der Waals surface area contributed by atoms with E-state index in [1.54, 1.807) is 25.0 Å². The lowest BCUT2D eigenvalue weighted by atomic mass is 10.1. The van der Waals surface area contributed by atoms with Gasteiger partial charge in [0.1, 0.15) is 0 Å². The Morgan fingerprint density at radius 2 is 2.12 bits per heavy atom. The predicted octanol–water partition coefficient (Wildman–Crippen LogP) is 3.06. The molecule has 9 heteroatoms. The molecule has 0 saturated carbocycles. The Morgan fingerprint density at radius 3 is 2.67 bits per heavy atom. The number of aryl methyl sites for hydroxylation is 1. The zero-order valence-corrected chi connectivity index (χ0v) is 14.9. The number of nitrogens with zero attached hydrogens (tertiary/aromatic N) is 3. The number of hydrogen-bond donors (Lipinski definition) is 0. The number of carbonyl (C=O) groups excluding carboxylic acids is 1. The number of hydrogen-bond acceptors (Lipinski definition) is 4. The van der Waals surface area contributed by atoms with Crippen LogP contribution in [0.1, 0.15) is 16.1 Å². The summed E-state index contributed by atoms with van der Waals surface area (Å²) in [4.78, 5) is 14.0. The van der Waals surface area contributed by atoms with Gasteiger partial charge in [0.2, 0.25) is 0 Å². The Labute approximate surface area is 146 Å². The van der Waals surface area contributed by atoms with Gasteiger partial charge in [0.05, 0.1) is 30.0 Å². The molecule has 0 aliphatic carbocycles. The van der Waals surface area contributed by atoms with Gasteiger partial charge in [-0.15, -0.1) is 0 Å². The summed E-state index contributed by atoms with van der Waals surface area (Å²) >= 11 is 3.38. The highest BCUT2D eigenvalue weighted by Crippen LogP contribution is 2.30. The van der Waals surface area contributed by atoms with E-state index in [1.807, 2.05) is 0 Å². The summed E-state index contributed by atoms with van der Waals surface area (Å²) in [5.41, 5.74) is 1.13. The summed E-state index contributed by atoms with van der Waals surface area (Å²) in [6.45, 7) is -2.64. The summed E-state index contributed by atoms with van der Waals surface area (Å²) in [5.74, 6) is -0.345. The third kappa shape index (κ3) is 4.02. The van der Waals surface area contributed by atoms with E-state index in [0.29, 0.717) is 12.1 Å². The molecular weight excluding hydrogens is 388 g/mol. The molecule has 0 bridgehead atoms. The number of alkyl halides is 2. The van der Waals surface area contributed by atoms with Gasteiger partial charge in [-0.3, -0.25) is 9.48 Å². The highest BCUT2D eigenvalue weighted by Gasteiger charge is 2.18. The fourth-order valence-electron chi connectivity index (χ4n) is 2.12. The van der Waals surface area contributed by atoms with Crippen molar-refractivity contribution in [2.24, 2.45) is 7.05 Å². The molecule has 0 spiro atoms. The third-order valence-corrected chi connectivity index (χ3v) is 4.03. The lowest BCUT2D eigenvalue weighted by Crippen LogP contribution is -2.27. The van der Waals surface area contributed by atoms with Crippen LogP contribution < -0.4 is 9.47 Å². The first-order chi connectivity index (χ1) is 11.3. The molecule has 130 valence electrons. The highest BCUT2D eigenvalue weighted by molar-refractivity contribution is 9.10. The van der Waals surface area contributed by atoms with E-state index in [0.717, 1.165) is 10.2 Å². The Balaban J connectivity index is 2.19. The van der Waals surface area contributed by atoms with Crippen molar-refractivity contribution in [3.63, 3.8) is 0 Å². The average Bonchev–Trinajstić information content (AvgIpc) is 2.85. The summed E-state index contributed by atoms with van der Waals surface area (Å²) in [7, 11) is 4.73. The fourth-order valence-corrected chi connectivity index (χ4v) is 2.60. The molecule has 0 N–H and O–H groups in total. The molecule has 0 fully saturated rings. The number of benzene rings is 1. The Hall–Kier alpha value is -2.16. The van der Waals surface area contributed by atoms with Crippen LogP contribution in [0.2, 0.25) is 0 Å². The molecule has 0 aliphatic rings. The Kier molecular flexibility index (Phi) is 5.76. The Bertz CT molecular complexity index is 717. The number of aromatic nitrogens is 2. The van der Waals surface area contributed by atoms with Gasteiger partial charge in [0, 0.05) is 19.7 Å². The van der Waals surface area contributed by atoms with Crippen LogP contribution >= 0.6 is 15.9 Å². The molecule has 24 heavy (non-hydrogen) atoms. The first-order valence-corrected chi connectivity index (χ1v) is 7.67. The van der Waals surface area contributed by atoms with Crippen LogP contribution in [0, 0.1) is 0 Å². The highest BCUT2D eigenvalue weighted by atomic mass is 79.9. The van der Waals surface area contributed by atoms with E-state index in [4.69, 9.17) is 4.74 Å². The quantitative estimate of drug-likeness (QED) is 0.743. The van der Waals surface area contributed by atoms with E-state index >= 15 is 0 Å². The number of rotatable bonds is 6. The molecule has 0 radical (unpaired) electrons. The van der Waals surface area contributed by atoms with Crippen LogP contribution in [-0.4, -0.2) is 41.4 Å². The lowest BCUT2D eigenvalue weighted by Gasteiger charge is -2.18. The molecular formula is C15H16BrF2N3O3. The molecule has 0 aliphatic heterocycles. The SMILES string of the molecule is COc1cc(C(=O)N(C)Cc2c(Br)cnn2C)ccc1OC(F)F. The van der Waals surface area contributed by atoms with E-state index in [9.17, 15) is 13.6 Å². The maximum Gasteiger partial charge on any atom is 0.387 e. The smallest absolute Gasteiger partial charge is 0.387 e. The lowest BCUT2D eigenvalue weighted by molar-refractivity contribution is -0.0512. The second-order valence-corrected chi connectivity index (χ2v) is 5.82. The fraction of sp³-hybridized carbons (Fsp3) is 0.333. The largest absolute Gasteiger partial charge is 0.493 e. The summed E-state index contributed by atoms with van der Waals surface area (Å²) < 4.78 is 36.5. The maximum absolute atomic E-state index is 12.5. The zero-order chi connectivity index (χ0) is 17.9. The predicted molar refractivity (Wildman–Crippen MR) is 86.3 cm³/mol. The minimum absolute atomic E-state index is 0.0660. The molecule has 1 aromatic carbocycles. The normalized spacial score (nSPS) is 10.8. The Morgan fingerprint density at radius 1 is 1.42 bits per heavy atom. The van der Waals surface area contributed by atoms with Gasteiger partial charge in [0.25, 0.3) is 5.91 Å². The number of amides is 1.